The summed E-state index contributed by atoms with van der Waals surface area (Å²) in [5, 5.41) is 3.09. The van der Waals surface area contributed by atoms with Crippen LogP contribution in [0.15, 0.2) is 30.3 Å². The maximum Gasteiger partial charge on any atom is 0.338 e. The van der Waals surface area contributed by atoms with Gasteiger partial charge in [-0.2, -0.15) is 0 Å². The number of hydrogen-bond donors (Lipinski definition) is 1. The molecule has 174 valence electrons. The molecule has 0 saturated carbocycles. The minimum Gasteiger partial charge on any atom is -0.495 e. The Morgan fingerprint density at radius 2 is 1.79 bits per heavy atom. The molecule has 2 aromatic carbocycles. The molecule has 3 rings (SSSR count). The summed E-state index contributed by atoms with van der Waals surface area (Å²) in [6.07, 6.45) is 0.504. The first-order valence-electron chi connectivity index (χ1n) is 10.1. The number of carbonyl (C=O) groups is 4. The standard InChI is InChI=1S/C23H23ClN2O7/c1-13-9-18(19(32-3)11-17(13)24)25-20(27)12-33-23(30)14-5-6-15-16(10-14)22(29)26(21(15)28)7-4-8-31-2/h5-6,9-11H,4,7-8,12H2,1-3H3,(H,25,27). The van der Waals surface area contributed by atoms with Gasteiger partial charge in [-0.3, -0.25) is 19.3 Å². The number of aryl methyl sites for hydroxylation is 1. The third kappa shape index (κ3) is 5.32. The van der Waals surface area contributed by atoms with Gasteiger partial charge in [0.1, 0.15) is 5.75 Å². The van der Waals surface area contributed by atoms with Crippen LogP contribution >= 0.6 is 11.6 Å². The van der Waals surface area contributed by atoms with Crippen molar-refractivity contribution in [3.8, 4) is 5.75 Å². The number of halogens is 1. The molecule has 1 heterocycles. The average molecular weight is 475 g/mol. The van der Waals surface area contributed by atoms with Crippen LogP contribution in [-0.4, -0.2) is 62.6 Å². The van der Waals surface area contributed by atoms with Crippen molar-refractivity contribution < 1.29 is 33.4 Å². The highest BCUT2D eigenvalue weighted by atomic mass is 35.5. The molecule has 0 fully saturated rings. The number of nitrogens with zero attached hydrogens (tertiary/aromatic N) is 1. The molecule has 2 aromatic rings. The molecule has 0 saturated heterocycles. The van der Waals surface area contributed by atoms with Crippen molar-refractivity contribution in [3.63, 3.8) is 0 Å². The summed E-state index contributed by atoms with van der Waals surface area (Å²) in [5.41, 5.74) is 1.52. The lowest BCUT2D eigenvalue weighted by Crippen LogP contribution is -2.31. The number of amides is 3. The van der Waals surface area contributed by atoms with Crippen LogP contribution in [0.1, 0.15) is 43.1 Å². The van der Waals surface area contributed by atoms with E-state index in [1.54, 1.807) is 19.1 Å². The van der Waals surface area contributed by atoms with E-state index in [0.717, 1.165) is 10.5 Å². The number of methoxy groups -OCH3 is 2. The molecule has 10 heteroatoms. The Morgan fingerprint density at radius 3 is 2.48 bits per heavy atom. The highest BCUT2D eigenvalue weighted by Gasteiger charge is 2.35. The number of benzene rings is 2. The maximum absolute atomic E-state index is 12.6. The monoisotopic (exact) mass is 474 g/mol. The number of imide groups is 1. The van der Waals surface area contributed by atoms with Gasteiger partial charge >= 0.3 is 5.97 Å². The average Bonchev–Trinajstić information content (AvgIpc) is 3.04. The predicted molar refractivity (Wildman–Crippen MR) is 120 cm³/mol. The maximum atomic E-state index is 12.6. The van der Waals surface area contributed by atoms with Crippen LogP contribution in [0.2, 0.25) is 5.02 Å². The number of rotatable bonds is 9. The first-order chi connectivity index (χ1) is 15.8. The van der Waals surface area contributed by atoms with Gasteiger partial charge in [0, 0.05) is 31.4 Å². The van der Waals surface area contributed by atoms with Gasteiger partial charge in [0.25, 0.3) is 17.7 Å². The summed E-state index contributed by atoms with van der Waals surface area (Å²) in [7, 11) is 2.98. The Hall–Kier alpha value is -3.43. The van der Waals surface area contributed by atoms with Crippen LogP contribution in [0.25, 0.3) is 0 Å². The number of anilines is 1. The topological polar surface area (TPSA) is 111 Å². The van der Waals surface area contributed by atoms with Crippen LogP contribution in [0.3, 0.4) is 0 Å². The highest BCUT2D eigenvalue weighted by molar-refractivity contribution is 6.31. The van der Waals surface area contributed by atoms with Crippen molar-refractivity contribution >= 4 is 41.0 Å². The quantitative estimate of drug-likeness (QED) is 0.337. The zero-order valence-electron chi connectivity index (χ0n) is 18.4. The Bertz CT molecular complexity index is 1120. The van der Waals surface area contributed by atoms with Crippen molar-refractivity contribution in [2.24, 2.45) is 0 Å². The molecule has 0 spiro atoms. The van der Waals surface area contributed by atoms with Crippen molar-refractivity contribution in [1.82, 2.24) is 4.90 Å². The lowest BCUT2D eigenvalue weighted by molar-refractivity contribution is -0.119. The molecular weight excluding hydrogens is 452 g/mol. The third-order valence-corrected chi connectivity index (χ3v) is 5.43. The van der Waals surface area contributed by atoms with Crippen LogP contribution in [0.4, 0.5) is 5.69 Å². The molecule has 0 bridgehead atoms. The van der Waals surface area contributed by atoms with Crippen molar-refractivity contribution in [2.45, 2.75) is 13.3 Å². The SMILES string of the molecule is COCCCN1C(=O)c2ccc(C(=O)OCC(=O)Nc3cc(C)c(Cl)cc3OC)cc2C1=O. The number of nitrogens with one attached hydrogen (secondary N) is 1. The van der Waals surface area contributed by atoms with E-state index in [2.05, 4.69) is 5.32 Å². The Morgan fingerprint density at radius 1 is 1.06 bits per heavy atom. The molecule has 0 radical (unpaired) electrons. The van der Waals surface area contributed by atoms with Gasteiger partial charge in [0.15, 0.2) is 6.61 Å². The Kier molecular flexibility index (Phi) is 7.67. The van der Waals surface area contributed by atoms with Crippen LogP contribution in [0.5, 0.6) is 5.75 Å². The van der Waals surface area contributed by atoms with Crippen molar-refractivity contribution in [1.29, 1.82) is 0 Å². The molecule has 1 N–H and O–H groups in total. The molecule has 1 aliphatic heterocycles. The van der Waals surface area contributed by atoms with Gasteiger partial charge in [0.2, 0.25) is 0 Å². The number of hydrogen-bond acceptors (Lipinski definition) is 7. The number of carbonyl (C=O) groups excluding carboxylic acids is 4. The van der Waals surface area contributed by atoms with E-state index in [1.807, 2.05) is 0 Å². The summed E-state index contributed by atoms with van der Waals surface area (Å²) in [4.78, 5) is 50.9. The summed E-state index contributed by atoms with van der Waals surface area (Å²) >= 11 is 6.06. The zero-order valence-corrected chi connectivity index (χ0v) is 19.2. The fourth-order valence-electron chi connectivity index (χ4n) is 3.32. The van der Waals surface area contributed by atoms with Gasteiger partial charge in [-0.15, -0.1) is 0 Å². The molecule has 9 nitrogen and oxygen atoms in total. The zero-order chi connectivity index (χ0) is 24.1. The predicted octanol–water partition coefficient (Wildman–Crippen LogP) is 3.09. The van der Waals surface area contributed by atoms with Gasteiger partial charge in [-0.1, -0.05) is 11.6 Å². The molecule has 0 aliphatic carbocycles. The number of ether oxygens (including phenoxy) is 3. The number of esters is 1. The summed E-state index contributed by atoms with van der Waals surface area (Å²) in [6.45, 7) is 1.84. The van der Waals surface area contributed by atoms with E-state index >= 15 is 0 Å². The molecule has 0 atom stereocenters. The van der Waals surface area contributed by atoms with Gasteiger partial charge in [-0.25, -0.2) is 4.79 Å². The lowest BCUT2D eigenvalue weighted by atomic mass is 10.1. The van der Waals surface area contributed by atoms with E-state index in [-0.39, 0.29) is 23.2 Å². The fourth-order valence-corrected chi connectivity index (χ4v) is 3.47. The van der Waals surface area contributed by atoms with E-state index in [4.69, 9.17) is 25.8 Å². The van der Waals surface area contributed by atoms with Crippen LogP contribution < -0.4 is 10.1 Å². The second kappa shape index (κ2) is 10.5. The van der Waals surface area contributed by atoms with Crippen LogP contribution in [-0.2, 0) is 14.3 Å². The normalized spacial score (nSPS) is 12.5. The van der Waals surface area contributed by atoms with Gasteiger partial charge in [0.05, 0.1) is 29.5 Å². The van der Waals surface area contributed by atoms with E-state index < -0.39 is 30.3 Å². The first kappa shape index (κ1) is 24.2. The van der Waals surface area contributed by atoms with E-state index in [9.17, 15) is 19.2 Å². The molecule has 3 amide bonds. The van der Waals surface area contributed by atoms with E-state index in [1.165, 1.54) is 32.4 Å². The van der Waals surface area contributed by atoms with Crippen LogP contribution in [0, 0.1) is 6.92 Å². The molecule has 1 aliphatic rings. The molecule has 33 heavy (non-hydrogen) atoms. The highest BCUT2D eigenvalue weighted by Crippen LogP contribution is 2.31. The fraction of sp³-hybridized carbons (Fsp3) is 0.304. The Balaban J connectivity index is 1.63. The van der Waals surface area contributed by atoms with Gasteiger partial charge < -0.3 is 19.5 Å². The minimum absolute atomic E-state index is 0.0568. The minimum atomic E-state index is -0.801. The third-order valence-electron chi connectivity index (χ3n) is 5.03. The van der Waals surface area contributed by atoms with Crippen molar-refractivity contribution in [3.05, 3.63) is 57.6 Å². The molecular formula is C23H23ClN2O7. The lowest BCUT2D eigenvalue weighted by Gasteiger charge is -2.12. The van der Waals surface area contributed by atoms with Gasteiger partial charge in [-0.05, 0) is 43.2 Å². The number of fused-ring (bicyclic) bond motifs is 1. The molecule has 0 unspecified atom stereocenters. The largest absolute Gasteiger partial charge is 0.495 e. The van der Waals surface area contributed by atoms with Crippen molar-refractivity contribution in [2.75, 3.05) is 39.3 Å². The van der Waals surface area contributed by atoms with E-state index in [0.29, 0.717) is 29.5 Å². The second-order valence-electron chi connectivity index (χ2n) is 7.29. The summed E-state index contributed by atoms with van der Waals surface area (Å²) < 4.78 is 15.2. The second-order valence-corrected chi connectivity index (χ2v) is 7.70. The first-order valence-corrected chi connectivity index (χ1v) is 10.4. The smallest absolute Gasteiger partial charge is 0.338 e. The molecule has 0 aromatic heterocycles. The summed E-state index contributed by atoms with van der Waals surface area (Å²) in [5.74, 6) is -1.92. The Labute approximate surface area is 195 Å². The summed E-state index contributed by atoms with van der Waals surface area (Å²) in [6, 6.07) is 7.30.